The van der Waals surface area contributed by atoms with Crippen LogP contribution in [0.2, 0.25) is 0 Å². The van der Waals surface area contributed by atoms with E-state index in [1.807, 2.05) is 18.2 Å². The molecule has 3 rings (SSSR count). The van der Waals surface area contributed by atoms with Crippen LogP contribution in [0.4, 0.5) is 5.69 Å². The topological polar surface area (TPSA) is 52.6 Å². The molecule has 120 valence electrons. The van der Waals surface area contributed by atoms with Crippen LogP contribution < -0.4 is 5.32 Å². The van der Waals surface area contributed by atoms with E-state index in [2.05, 4.69) is 34.5 Å². The first-order chi connectivity index (χ1) is 11.2. The van der Waals surface area contributed by atoms with E-state index in [0.717, 1.165) is 38.2 Å². The minimum Gasteiger partial charge on any atom is -0.478 e. The molecule has 4 nitrogen and oxygen atoms in total. The van der Waals surface area contributed by atoms with Crippen molar-refractivity contribution in [2.75, 3.05) is 18.4 Å². The lowest BCUT2D eigenvalue weighted by molar-refractivity contribution is 0.0698. The van der Waals surface area contributed by atoms with Crippen molar-refractivity contribution in [1.82, 2.24) is 4.90 Å². The molecule has 2 aromatic rings. The van der Waals surface area contributed by atoms with Crippen molar-refractivity contribution >= 4 is 11.7 Å². The minimum absolute atomic E-state index is 0.336. The molecule has 0 unspecified atom stereocenters. The molecule has 0 bridgehead atoms. The Balaban J connectivity index is 1.54. The predicted octanol–water partition coefficient (Wildman–Crippen LogP) is 3.46. The first-order valence-electron chi connectivity index (χ1n) is 8.07. The maximum atomic E-state index is 11.3. The highest BCUT2D eigenvalue weighted by atomic mass is 16.4. The molecule has 0 radical (unpaired) electrons. The Labute approximate surface area is 136 Å². The summed E-state index contributed by atoms with van der Waals surface area (Å²) >= 11 is 0. The van der Waals surface area contributed by atoms with Crippen LogP contribution in [0.25, 0.3) is 0 Å². The summed E-state index contributed by atoms with van der Waals surface area (Å²) in [5, 5.41) is 12.7. The van der Waals surface area contributed by atoms with Crippen molar-refractivity contribution in [3.05, 3.63) is 65.7 Å². The lowest BCUT2D eigenvalue weighted by atomic mass is 10.0. The molecular weight excluding hydrogens is 288 g/mol. The number of aromatic carboxylic acids is 1. The third kappa shape index (κ3) is 4.11. The fourth-order valence-electron chi connectivity index (χ4n) is 3.09. The number of rotatable bonds is 5. The van der Waals surface area contributed by atoms with Gasteiger partial charge in [-0.1, -0.05) is 42.5 Å². The van der Waals surface area contributed by atoms with E-state index in [0.29, 0.717) is 11.6 Å². The Morgan fingerprint density at radius 3 is 2.39 bits per heavy atom. The van der Waals surface area contributed by atoms with E-state index >= 15 is 0 Å². The molecular formula is C19H22N2O2. The number of hydrogen-bond donors (Lipinski definition) is 2. The molecule has 1 aliphatic rings. The molecule has 23 heavy (non-hydrogen) atoms. The summed E-state index contributed by atoms with van der Waals surface area (Å²) in [6, 6.07) is 18.0. The summed E-state index contributed by atoms with van der Waals surface area (Å²) in [7, 11) is 0. The summed E-state index contributed by atoms with van der Waals surface area (Å²) in [6.07, 6.45) is 2.06. The third-order valence-corrected chi connectivity index (χ3v) is 4.35. The van der Waals surface area contributed by atoms with Crippen LogP contribution in [-0.4, -0.2) is 35.1 Å². The second-order valence-corrected chi connectivity index (χ2v) is 6.03. The smallest absolute Gasteiger partial charge is 0.337 e. The lowest BCUT2D eigenvalue weighted by Gasteiger charge is -2.33. The van der Waals surface area contributed by atoms with Crippen LogP contribution >= 0.6 is 0 Å². The number of carboxylic acid groups (broad SMARTS) is 1. The summed E-state index contributed by atoms with van der Waals surface area (Å²) in [4.78, 5) is 13.7. The Morgan fingerprint density at radius 1 is 1.04 bits per heavy atom. The van der Waals surface area contributed by atoms with Crippen molar-refractivity contribution in [3.8, 4) is 0 Å². The van der Waals surface area contributed by atoms with E-state index in [4.69, 9.17) is 0 Å². The van der Waals surface area contributed by atoms with Gasteiger partial charge in [-0.3, -0.25) is 4.90 Å². The number of benzene rings is 2. The van der Waals surface area contributed by atoms with Crippen molar-refractivity contribution in [3.63, 3.8) is 0 Å². The van der Waals surface area contributed by atoms with Gasteiger partial charge in [0.2, 0.25) is 0 Å². The Bertz CT molecular complexity index is 649. The van der Waals surface area contributed by atoms with Gasteiger partial charge in [-0.15, -0.1) is 0 Å². The Morgan fingerprint density at radius 2 is 1.70 bits per heavy atom. The second-order valence-electron chi connectivity index (χ2n) is 6.03. The maximum Gasteiger partial charge on any atom is 0.337 e. The molecule has 0 saturated carbocycles. The van der Waals surface area contributed by atoms with Gasteiger partial charge in [0.25, 0.3) is 0 Å². The van der Waals surface area contributed by atoms with Crippen molar-refractivity contribution < 1.29 is 9.90 Å². The van der Waals surface area contributed by atoms with Crippen LogP contribution in [0, 0.1) is 0 Å². The van der Waals surface area contributed by atoms with Gasteiger partial charge in [-0.05, 0) is 30.5 Å². The third-order valence-electron chi connectivity index (χ3n) is 4.35. The predicted molar refractivity (Wildman–Crippen MR) is 91.8 cm³/mol. The number of likely N-dealkylation sites (tertiary alicyclic amines) is 1. The summed E-state index contributed by atoms with van der Waals surface area (Å²) in [5.74, 6) is -0.880. The van der Waals surface area contributed by atoms with Gasteiger partial charge in [0.05, 0.1) is 5.56 Å². The summed E-state index contributed by atoms with van der Waals surface area (Å²) < 4.78 is 0. The van der Waals surface area contributed by atoms with Crippen LogP contribution in [0.15, 0.2) is 54.6 Å². The number of carbonyl (C=O) groups is 1. The SMILES string of the molecule is O=C(O)c1ccccc1NC1CCN(Cc2ccccc2)CC1. The van der Waals surface area contributed by atoms with E-state index in [9.17, 15) is 9.90 Å². The number of nitrogens with zero attached hydrogens (tertiary/aromatic N) is 1. The molecule has 4 heteroatoms. The van der Waals surface area contributed by atoms with Gasteiger partial charge in [0.15, 0.2) is 0 Å². The zero-order chi connectivity index (χ0) is 16.1. The normalized spacial score (nSPS) is 16.2. The van der Waals surface area contributed by atoms with Crippen LogP contribution in [0.3, 0.4) is 0 Å². The van der Waals surface area contributed by atoms with Gasteiger partial charge in [0, 0.05) is 31.4 Å². The summed E-state index contributed by atoms with van der Waals surface area (Å²) in [5.41, 5.74) is 2.41. The molecule has 2 aromatic carbocycles. The van der Waals surface area contributed by atoms with Crippen molar-refractivity contribution in [2.24, 2.45) is 0 Å². The van der Waals surface area contributed by atoms with Gasteiger partial charge < -0.3 is 10.4 Å². The molecule has 0 spiro atoms. The summed E-state index contributed by atoms with van der Waals surface area (Å²) in [6.45, 7) is 3.04. The van der Waals surface area contributed by atoms with E-state index < -0.39 is 5.97 Å². The van der Waals surface area contributed by atoms with Crippen molar-refractivity contribution in [2.45, 2.75) is 25.4 Å². The highest BCUT2D eigenvalue weighted by Gasteiger charge is 2.20. The van der Waals surface area contributed by atoms with Gasteiger partial charge in [0.1, 0.15) is 0 Å². The molecule has 0 amide bonds. The molecule has 1 aliphatic heterocycles. The van der Waals surface area contributed by atoms with Crippen molar-refractivity contribution in [1.29, 1.82) is 0 Å². The van der Waals surface area contributed by atoms with Crippen LogP contribution in [0.1, 0.15) is 28.8 Å². The quantitative estimate of drug-likeness (QED) is 0.888. The number of piperidine rings is 1. The number of hydrogen-bond acceptors (Lipinski definition) is 3. The second kappa shape index (κ2) is 7.29. The van der Waals surface area contributed by atoms with E-state index in [1.165, 1.54) is 5.56 Å². The lowest BCUT2D eigenvalue weighted by Crippen LogP contribution is -2.38. The molecule has 0 aromatic heterocycles. The highest BCUT2D eigenvalue weighted by Crippen LogP contribution is 2.21. The first-order valence-corrected chi connectivity index (χ1v) is 8.07. The van der Waals surface area contributed by atoms with E-state index in [1.54, 1.807) is 12.1 Å². The largest absolute Gasteiger partial charge is 0.478 e. The zero-order valence-corrected chi connectivity index (χ0v) is 13.1. The zero-order valence-electron chi connectivity index (χ0n) is 13.1. The number of carboxylic acids is 1. The maximum absolute atomic E-state index is 11.3. The standard InChI is InChI=1S/C19H22N2O2/c22-19(23)17-8-4-5-9-18(17)20-16-10-12-21(13-11-16)14-15-6-2-1-3-7-15/h1-9,16,20H,10-14H2,(H,22,23). The molecule has 0 aliphatic carbocycles. The monoisotopic (exact) mass is 310 g/mol. The van der Waals surface area contributed by atoms with Gasteiger partial charge in [-0.2, -0.15) is 0 Å². The van der Waals surface area contributed by atoms with Crippen LogP contribution in [0.5, 0.6) is 0 Å². The average molecular weight is 310 g/mol. The fourth-order valence-corrected chi connectivity index (χ4v) is 3.09. The minimum atomic E-state index is -0.880. The fraction of sp³-hybridized carbons (Fsp3) is 0.316. The molecule has 2 N–H and O–H groups in total. The van der Waals surface area contributed by atoms with Gasteiger partial charge in [-0.25, -0.2) is 4.79 Å². The Hall–Kier alpha value is -2.33. The van der Waals surface area contributed by atoms with Crippen LogP contribution in [-0.2, 0) is 6.54 Å². The van der Waals surface area contributed by atoms with E-state index in [-0.39, 0.29) is 0 Å². The molecule has 1 saturated heterocycles. The molecule has 0 atom stereocenters. The number of nitrogens with one attached hydrogen (secondary N) is 1. The molecule has 1 heterocycles. The number of anilines is 1. The van der Waals surface area contributed by atoms with Gasteiger partial charge >= 0.3 is 5.97 Å². The first kappa shape index (κ1) is 15.6. The Kier molecular flexibility index (Phi) is 4.93. The average Bonchev–Trinajstić information content (AvgIpc) is 2.58. The highest BCUT2D eigenvalue weighted by molar-refractivity contribution is 5.94. The molecule has 1 fully saturated rings. The number of para-hydroxylation sites is 1.